The maximum Gasteiger partial charge on any atom is 0.308 e. The van der Waals surface area contributed by atoms with Crippen molar-refractivity contribution in [2.24, 2.45) is 11.8 Å². The quantitative estimate of drug-likeness (QED) is 0.787. The van der Waals surface area contributed by atoms with Gasteiger partial charge in [-0.15, -0.1) is 0 Å². The second kappa shape index (κ2) is 4.72. The lowest BCUT2D eigenvalue weighted by Crippen LogP contribution is -2.31. The summed E-state index contributed by atoms with van der Waals surface area (Å²) in [6, 6.07) is 0. The lowest BCUT2D eigenvalue weighted by Gasteiger charge is -2.20. The highest BCUT2D eigenvalue weighted by Crippen LogP contribution is 2.26. The molecule has 4 nitrogen and oxygen atoms in total. The molecule has 2 fully saturated rings. The van der Waals surface area contributed by atoms with Crippen molar-refractivity contribution in [1.82, 2.24) is 4.90 Å². The first kappa shape index (κ1) is 11.9. The smallest absolute Gasteiger partial charge is 0.308 e. The predicted octanol–water partition coefficient (Wildman–Crippen LogP) is 1.21. The molecular formula is C12H21NO3. The van der Waals surface area contributed by atoms with E-state index in [0.717, 1.165) is 25.9 Å². The lowest BCUT2D eigenvalue weighted by molar-refractivity contribution is -0.142. The first-order valence-electron chi connectivity index (χ1n) is 6.17. The Hall–Kier alpha value is -0.610. The van der Waals surface area contributed by atoms with Crippen LogP contribution >= 0.6 is 0 Å². The van der Waals surface area contributed by atoms with Crippen molar-refractivity contribution in [3.05, 3.63) is 0 Å². The number of carbonyl (C=O) groups is 1. The average Bonchev–Trinajstić information content (AvgIpc) is 2.73. The monoisotopic (exact) mass is 227 g/mol. The molecule has 0 bridgehead atoms. The number of nitrogens with zero attached hydrogens (tertiary/aromatic N) is 1. The molecule has 0 amide bonds. The van der Waals surface area contributed by atoms with Crippen LogP contribution in [0.25, 0.3) is 0 Å². The topological polar surface area (TPSA) is 49.8 Å². The van der Waals surface area contributed by atoms with E-state index in [9.17, 15) is 4.79 Å². The third-order valence-corrected chi connectivity index (χ3v) is 3.79. The molecule has 2 aliphatic rings. The summed E-state index contributed by atoms with van der Waals surface area (Å²) in [5, 5.41) is 9.05. The van der Waals surface area contributed by atoms with E-state index in [2.05, 4.69) is 11.8 Å². The van der Waals surface area contributed by atoms with Crippen molar-refractivity contribution in [2.45, 2.75) is 38.9 Å². The molecule has 0 saturated carbocycles. The maximum absolute atomic E-state index is 11.0. The minimum atomic E-state index is -0.657. The lowest BCUT2D eigenvalue weighted by atomic mass is 9.99. The molecule has 4 atom stereocenters. The van der Waals surface area contributed by atoms with Gasteiger partial charge in [-0.05, 0) is 25.7 Å². The standard InChI is InChI=1S/C12H21NO3/c1-8-5-13(7-11(8)12(14)15)6-10-4-3-9(2)16-10/h8-11H,3-7H2,1-2H3,(H,14,15). The maximum atomic E-state index is 11.0. The Morgan fingerprint density at radius 3 is 2.62 bits per heavy atom. The molecule has 0 radical (unpaired) electrons. The number of ether oxygens (including phenoxy) is 1. The van der Waals surface area contributed by atoms with Gasteiger partial charge in [-0.1, -0.05) is 6.92 Å². The number of likely N-dealkylation sites (tertiary alicyclic amines) is 1. The van der Waals surface area contributed by atoms with Gasteiger partial charge in [0.25, 0.3) is 0 Å². The molecule has 4 unspecified atom stereocenters. The van der Waals surface area contributed by atoms with Crippen LogP contribution in [0.5, 0.6) is 0 Å². The molecule has 4 heteroatoms. The highest BCUT2D eigenvalue weighted by molar-refractivity contribution is 5.71. The summed E-state index contributed by atoms with van der Waals surface area (Å²) in [5.41, 5.74) is 0. The molecule has 1 N–H and O–H groups in total. The summed E-state index contributed by atoms with van der Waals surface area (Å²) < 4.78 is 5.77. The van der Waals surface area contributed by atoms with Crippen LogP contribution in [0, 0.1) is 11.8 Å². The molecular weight excluding hydrogens is 206 g/mol. The molecule has 2 aliphatic heterocycles. The van der Waals surface area contributed by atoms with Gasteiger partial charge in [0.1, 0.15) is 0 Å². The number of rotatable bonds is 3. The fourth-order valence-corrected chi connectivity index (χ4v) is 2.85. The van der Waals surface area contributed by atoms with Crippen LogP contribution in [0.15, 0.2) is 0 Å². The first-order chi connectivity index (χ1) is 7.56. The zero-order valence-electron chi connectivity index (χ0n) is 10.1. The second-order valence-electron chi connectivity index (χ2n) is 5.29. The second-order valence-corrected chi connectivity index (χ2v) is 5.29. The van der Waals surface area contributed by atoms with Gasteiger partial charge in [0, 0.05) is 19.6 Å². The fraction of sp³-hybridized carbons (Fsp3) is 0.917. The number of hydrogen-bond donors (Lipinski definition) is 1. The van der Waals surface area contributed by atoms with E-state index in [1.807, 2.05) is 6.92 Å². The Balaban J connectivity index is 1.82. The van der Waals surface area contributed by atoms with Crippen molar-refractivity contribution in [1.29, 1.82) is 0 Å². The summed E-state index contributed by atoms with van der Waals surface area (Å²) in [6.07, 6.45) is 2.94. The van der Waals surface area contributed by atoms with Crippen LogP contribution in [-0.2, 0) is 9.53 Å². The Kier molecular flexibility index (Phi) is 3.50. The number of aliphatic carboxylic acids is 1. The van der Waals surface area contributed by atoms with Gasteiger partial charge in [0.15, 0.2) is 0 Å². The van der Waals surface area contributed by atoms with Crippen molar-refractivity contribution in [3.63, 3.8) is 0 Å². The van der Waals surface area contributed by atoms with E-state index in [1.54, 1.807) is 0 Å². The van der Waals surface area contributed by atoms with Gasteiger partial charge in [0.05, 0.1) is 18.1 Å². The molecule has 0 spiro atoms. The minimum Gasteiger partial charge on any atom is -0.481 e. The number of carboxylic acids is 1. The van der Waals surface area contributed by atoms with Crippen LogP contribution in [0.3, 0.4) is 0 Å². The fourth-order valence-electron chi connectivity index (χ4n) is 2.85. The van der Waals surface area contributed by atoms with Crippen LogP contribution in [-0.4, -0.2) is 47.8 Å². The minimum absolute atomic E-state index is 0.196. The molecule has 0 aromatic carbocycles. The van der Waals surface area contributed by atoms with Crippen LogP contribution in [0.2, 0.25) is 0 Å². The molecule has 2 rings (SSSR count). The molecule has 16 heavy (non-hydrogen) atoms. The number of carboxylic acid groups (broad SMARTS) is 1. The Morgan fingerprint density at radius 1 is 1.38 bits per heavy atom. The van der Waals surface area contributed by atoms with Gasteiger partial charge in [0.2, 0.25) is 0 Å². The van der Waals surface area contributed by atoms with Crippen LogP contribution < -0.4 is 0 Å². The van der Waals surface area contributed by atoms with Crippen molar-refractivity contribution < 1.29 is 14.6 Å². The van der Waals surface area contributed by atoms with Gasteiger partial charge >= 0.3 is 5.97 Å². The normalized spacial score (nSPS) is 40.4. The summed E-state index contributed by atoms with van der Waals surface area (Å²) >= 11 is 0. The highest BCUT2D eigenvalue weighted by atomic mass is 16.5. The van der Waals surface area contributed by atoms with E-state index >= 15 is 0 Å². The molecule has 2 saturated heterocycles. The number of hydrogen-bond acceptors (Lipinski definition) is 3. The van der Waals surface area contributed by atoms with Crippen molar-refractivity contribution in [2.75, 3.05) is 19.6 Å². The first-order valence-corrected chi connectivity index (χ1v) is 6.17. The van der Waals surface area contributed by atoms with Crippen molar-refractivity contribution >= 4 is 5.97 Å². The van der Waals surface area contributed by atoms with E-state index in [1.165, 1.54) is 0 Å². The van der Waals surface area contributed by atoms with Crippen LogP contribution in [0.4, 0.5) is 0 Å². The van der Waals surface area contributed by atoms with Gasteiger partial charge < -0.3 is 9.84 Å². The average molecular weight is 227 g/mol. The largest absolute Gasteiger partial charge is 0.481 e. The Bertz CT molecular complexity index is 269. The predicted molar refractivity (Wildman–Crippen MR) is 60.3 cm³/mol. The third kappa shape index (κ3) is 2.55. The molecule has 0 aromatic heterocycles. The van der Waals surface area contributed by atoms with Gasteiger partial charge in [-0.2, -0.15) is 0 Å². The van der Waals surface area contributed by atoms with Gasteiger partial charge in [-0.3, -0.25) is 9.69 Å². The molecule has 2 heterocycles. The summed E-state index contributed by atoms with van der Waals surface area (Å²) in [7, 11) is 0. The third-order valence-electron chi connectivity index (χ3n) is 3.79. The zero-order chi connectivity index (χ0) is 11.7. The molecule has 0 aromatic rings. The van der Waals surface area contributed by atoms with E-state index in [-0.39, 0.29) is 11.8 Å². The van der Waals surface area contributed by atoms with Crippen LogP contribution in [0.1, 0.15) is 26.7 Å². The SMILES string of the molecule is CC1CCC(CN2CC(C)C(C(=O)O)C2)O1. The summed E-state index contributed by atoms with van der Waals surface area (Å²) in [5.74, 6) is -0.592. The Morgan fingerprint density at radius 2 is 2.12 bits per heavy atom. The van der Waals surface area contributed by atoms with E-state index in [4.69, 9.17) is 9.84 Å². The zero-order valence-corrected chi connectivity index (χ0v) is 10.1. The van der Waals surface area contributed by atoms with Gasteiger partial charge in [-0.25, -0.2) is 0 Å². The molecule has 92 valence electrons. The van der Waals surface area contributed by atoms with Crippen molar-refractivity contribution in [3.8, 4) is 0 Å². The van der Waals surface area contributed by atoms with E-state index < -0.39 is 5.97 Å². The summed E-state index contributed by atoms with van der Waals surface area (Å²) in [6.45, 7) is 6.61. The summed E-state index contributed by atoms with van der Waals surface area (Å²) in [4.78, 5) is 13.2. The van der Waals surface area contributed by atoms with E-state index in [0.29, 0.717) is 18.8 Å². The Labute approximate surface area is 96.6 Å². The molecule has 0 aliphatic carbocycles. The highest BCUT2D eigenvalue weighted by Gasteiger charge is 2.36.